The van der Waals surface area contributed by atoms with Crippen LogP contribution in [0.15, 0.2) is 42.5 Å². The molecule has 11 heteroatoms. The Hall–Kier alpha value is -2.43. The Morgan fingerprint density at radius 2 is 1.43 bits per heavy atom. The monoisotopic (exact) mass is 546 g/mol. The van der Waals surface area contributed by atoms with Crippen molar-refractivity contribution in [1.29, 1.82) is 0 Å². The molecular formula is C26H29ClF6N4. The summed E-state index contributed by atoms with van der Waals surface area (Å²) in [5.41, 5.74) is 2.39. The first-order valence-corrected chi connectivity index (χ1v) is 12.0. The average Bonchev–Trinajstić information content (AvgIpc) is 3.37. The van der Waals surface area contributed by atoms with Gasteiger partial charge in [0.2, 0.25) is 0 Å². The largest absolute Gasteiger partial charge is 0.416 e. The van der Waals surface area contributed by atoms with Crippen molar-refractivity contribution in [2.75, 3.05) is 24.5 Å². The van der Waals surface area contributed by atoms with E-state index in [4.69, 9.17) is 0 Å². The van der Waals surface area contributed by atoms with Crippen LogP contribution in [0.3, 0.4) is 0 Å². The number of piperazine rings is 1. The van der Waals surface area contributed by atoms with Crippen molar-refractivity contribution in [3.63, 3.8) is 0 Å². The number of aromatic nitrogens is 1. The van der Waals surface area contributed by atoms with Crippen LogP contribution in [0.2, 0.25) is 0 Å². The van der Waals surface area contributed by atoms with Gasteiger partial charge in [0.05, 0.1) is 11.1 Å². The second-order valence-corrected chi connectivity index (χ2v) is 9.87. The zero-order valence-electron chi connectivity index (χ0n) is 20.4. The summed E-state index contributed by atoms with van der Waals surface area (Å²) in [5.74, 6) is 0. The van der Waals surface area contributed by atoms with Gasteiger partial charge in [-0.1, -0.05) is 12.1 Å². The Balaban J connectivity index is 0.000000168. The smallest absolute Gasteiger partial charge is 0.363 e. The first-order valence-electron chi connectivity index (χ1n) is 12.0. The fourth-order valence-corrected chi connectivity index (χ4v) is 5.64. The molecule has 0 radical (unpaired) electrons. The molecule has 0 saturated carbocycles. The molecule has 2 aromatic carbocycles. The van der Waals surface area contributed by atoms with Crippen LogP contribution >= 0.6 is 12.4 Å². The molecule has 2 N–H and O–H groups in total. The molecule has 0 spiro atoms. The maximum atomic E-state index is 12.7. The Morgan fingerprint density at radius 1 is 0.784 bits per heavy atom. The Labute approximate surface area is 217 Å². The molecule has 4 nitrogen and oxygen atoms in total. The summed E-state index contributed by atoms with van der Waals surface area (Å²) in [6.07, 6.45) is -7.70. The lowest BCUT2D eigenvalue weighted by Crippen LogP contribution is -2.54. The molecular weight excluding hydrogens is 518 g/mol. The standard InChI is InChI=1S/C13H15F3N2.C13H13F3N2.ClH/c2*1-8-6-17-7-11-4-9-2-3-10(13(14,15)16)5-12(9)18(8)11;/h2-3,5,8,11,17H,4,6-7H2,1H3;2-5,8,17H,6-7H2,1H3;1H/t8-,11-;8-;/m11./s1. The first-order chi connectivity index (χ1) is 16.9. The van der Waals surface area contributed by atoms with Crippen molar-refractivity contribution in [2.45, 2.75) is 57.3 Å². The summed E-state index contributed by atoms with van der Waals surface area (Å²) in [5, 5.41) is 7.44. The van der Waals surface area contributed by atoms with E-state index in [0.717, 1.165) is 54.5 Å². The quantitative estimate of drug-likeness (QED) is 0.331. The minimum atomic E-state index is -4.28. The lowest BCUT2D eigenvalue weighted by atomic mass is 10.1. The number of anilines is 1. The van der Waals surface area contributed by atoms with E-state index in [1.807, 2.05) is 17.6 Å². The van der Waals surface area contributed by atoms with E-state index in [2.05, 4.69) is 22.5 Å². The summed E-state index contributed by atoms with van der Waals surface area (Å²) < 4.78 is 78.4. The number of halogens is 7. The predicted molar refractivity (Wildman–Crippen MR) is 134 cm³/mol. The number of nitrogens with one attached hydrogen (secondary N) is 2. The molecule has 0 bridgehead atoms. The van der Waals surface area contributed by atoms with Crippen LogP contribution in [0.4, 0.5) is 32.0 Å². The van der Waals surface area contributed by atoms with Crippen LogP contribution in [0.5, 0.6) is 0 Å². The number of hydrogen-bond acceptors (Lipinski definition) is 3. The molecule has 3 aromatic rings. The van der Waals surface area contributed by atoms with E-state index < -0.39 is 23.5 Å². The third-order valence-corrected chi connectivity index (χ3v) is 7.27. The van der Waals surface area contributed by atoms with Crippen LogP contribution in [-0.2, 0) is 25.3 Å². The second-order valence-electron chi connectivity index (χ2n) is 9.87. The van der Waals surface area contributed by atoms with E-state index in [-0.39, 0.29) is 24.5 Å². The van der Waals surface area contributed by atoms with Gasteiger partial charge in [0.25, 0.3) is 0 Å². The molecule has 3 aliphatic rings. The maximum absolute atomic E-state index is 12.7. The van der Waals surface area contributed by atoms with Crippen LogP contribution < -0.4 is 15.5 Å². The summed E-state index contributed by atoms with van der Waals surface area (Å²) in [4.78, 5) is 2.14. The summed E-state index contributed by atoms with van der Waals surface area (Å²) in [7, 11) is 0. The van der Waals surface area contributed by atoms with E-state index in [0.29, 0.717) is 18.1 Å². The number of alkyl halides is 6. The van der Waals surface area contributed by atoms with Gasteiger partial charge in [-0.2, -0.15) is 26.3 Å². The molecule has 0 unspecified atom stereocenters. The van der Waals surface area contributed by atoms with Gasteiger partial charge in [-0.25, -0.2) is 0 Å². The van der Waals surface area contributed by atoms with Gasteiger partial charge in [-0.15, -0.1) is 12.4 Å². The highest BCUT2D eigenvalue weighted by atomic mass is 35.5. The third kappa shape index (κ3) is 5.28. The molecule has 0 amide bonds. The molecule has 1 fully saturated rings. The highest BCUT2D eigenvalue weighted by Crippen LogP contribution is 2.40. The normalized spacial score (nSPS) is 22.9. The van der Waals surface area contributed by atoms with Gasteiger partial charge in [0.15, 0.2) is 0 Å². The van der Waals surface area contributed by atoms with Gasteiger partial charge >= 0.3 is 12.4 Å². The molecule has 202 valence electrons. The van der Waals surface area contributed by atoms with Crippen molar-refractivity contribution in [3.8, 4) is 0 Å². The molecule has 1 saturated heterocycles. The lowest BCUT2D eigenvalue weighted by Gasteiger charge is -2.38. The minimum Gasteiger partial charge on any atom is -0.363 e. The number of hydrogen-bond donors (Lipinski definition) is 2. The van der Waals surface area contributed by atoms with Crippen molar-refractivity contribution >= 4 is 29.0 Å². The van der Waals surface area contributed by atoms with Gasteiger partial charge in [-0.05, 0) is 61.5 Å². The van der Waals surface area contributed by atoms with Crippen molar-refractivity contribution in [1.82, 2.24) is 15.2 Å². The van der Waals surface area contributed by atoms with E-state index >= 15 is 0 Å². The highest BCUT2D eigenvalue weighted by Gasteiger charge is 2.38. The van der Waals surface area contributed by atoms with E-state index in [1.165, 1.54) is 18.2 Å². The highest BCUT2D eigenvalue weighted by molar-refractivity contribution is 5.85. The number of fused-ring (bicyclic) bond motifs is 6. The summed E-state index contributed by atoms with van der Waals surface area (Å²) in [6.45, 7) is 7.23. The van der Waals surface area contributed by atoms with Gasteiger partial charge in [0, 0.05) is 61.2 Å². The van der Waals surface area contributed by atoms with Crippen LogP contribution in [-0.4, -0.2) is 36.3 Å². The second kappa shape index (κ2) is 10.0. The van der Waals surface area contributed by atoms with Crippen molar-refractivity contribution < 1.29 is 26.3 Å². The van der Waals surface area contributed by atoms with Crippen LogP contribution in [0.1, 0.15) is 42.3 Å². The van der Waals surface area contributed by atoms with Gasteiger partial charge in [0.1, 0.15) is 0 Å². The number of nitrogens with zero attached hydrogens (tertiary/aromatic N) is 2. The first kappa shape index (κ1) is 27.6. The lowest BCUT2D eigenvalue weighted by molar-refractivity contribution is -0.138. The summed E-state index contributed by atoms with van der Waals surface area (Å²) in [6, 6.07) is 10.7. The SMILES string of the molecule is C[C@@H]1CNC[C@H]2Cc3ccc(C(F)(F)F)cc3N21.C[C@@H]1CNCc2cc3ccc(C(F)(F)F)cc3n21.Cl. The van der Waals surface area contributed by atoms with E-state index in [9.17, 15) is 26.3 Å². The van der Waals surface area contributed by atoms with Crippen LogP contribution in [0, 0.1) is 0 Å². The van der Waals surface area contributed by atoms with Crippen LogP contribution in [0.25, 0.3) is 10.9 Å². The molecule has 3 aliphatic heterocycles. The Kier molecular flexibility index (Phi) is 7.49. The van der Waals surface area contributed by atoms with Crippen molar-refractivity contribution in [3.05, 3.63) is 64.8 Å². The van der Waals surface area contributed by atoms with Gasteiger partial charge < -0.3 is 20.1 Å². The Bertz CT molecular complexity index is 1270. The number of benzene rings is 2. The minimum absolute atomic E-state index is 0. The van der Waals surface area contributed by atoms with Gasteiger partial charge in [-0.3, -0.25) is 0 Å². The molecule has 37 heavy (non-hydrogen) atoms. The average molecular weight is 547 g/mol. The predicted octanol–water partition coefficient (Wildman–Crippen LogP) is 6.17. The third-order valence-electron chi connectivity index (χ3n) is 7.27. The molecule has 6 rings (SSSR count). The van der Waals surface area contributed by atoms with Crippen molar-refractivity contribution in [2.24, 2.45) is 0 Å². The maximum Gasteiger partial charge on any atom is 0.416 e. The van der Waals surface area contributed by atoms with E-state index in [1.54, 1.807) is 12.1 Å². The topological polar surface area (TPSA) is 32.2 Å². The zero-order chi connectivity index (χ0) is 25.8. The molecule has 1 aromatic heterocycles. The number of rotatable bonds is 0. The fraction of sp³-hybridized carbons (Fsp3) is 0.462. The summed E-state index contributed by atoms with van der Waals surface area (Å²) >= 11 is 0. The molecule has 3 atom stereocenters. The Morgan fingerprint density at radius 3 is 2.14 bits per heavy atom. The zero-order valence-corrected chi connectivity index (χ0v) is 21.2. The molecule has 0 aliphatic carbocycles. The molecule has 4 heterocycles. The fourth-order valence-electron chi connectivity index (χ4n) is 5.64.